The molecule has 0 N–H and O–H groups in total. The Morgan fingerprint density at radius 3 is 2.39 bits per heavy atom. The summed E-state index contributed by atoms with van der Waals surface area (Å²) >= 11 is 0. The highest BCUT2D eigenvalue weighted by atomic mass is 16.4. The van der Waals surface area contributed by atoms with Crippen molar-refractivity contribution in [2.75, 3.05) is 0 Å². The van der Waals surface area contributed by atoms with Crippen LogP contribution >= 0.6 is 0 Å². The Balaban J connectivity index is 2.40. The molecule has 0 radical (unpaired) electrons. The Hall–Kier alpha value is -1.31. The zero-order valence-electron chi connectivity index (χ0n) is 11.5. The molecule has 1 aromatic carbocycles. The Labute approximate surface area is 110 Å². The van der Waals surface area contributed by atoms with Crippen molar-refractivity contribution in [3.8, 4) is 0 Å². The molecule has 0 aliphatic rings. The molecule has 0 amide bonds. The molecule has 0 aliphatic carbocycles. The van der Waals surface area contributed by atoms with E-state index in [2.05, 4.69) is 13.0 Å². The van der Waals surface area contributed by atoms with E-state index in [-0.39, 0.29) is 0 Å². The van der Waals surface area contributed by atoms with Crippen molar-refractivity contribution in [2.24, 2.45) is 0 Å². The lowest BCUT2D eigenvalue weighted by Gasteiger charge is -2.08. The Kier molecular flexibility index (Phi) is 6.48. The Morgan fingerprint density at radius 2 is 1.72 bits per heavy atom. The van der Waals surface area contributed by atoms with Gasteiger partial charge < -0.3 is 9.90 Å². The maximum Gasteiger partial charge on any atom is 0.0715 e. The lowest BCUT2D eigenvalue weighted by Crippen LogP contribution is -2.22. The first-order valence-electron chi connectivity index (χ1n) is 6.95. The molecular weight excluding hydrogens is 224 g/mol. The van der Waals surface area contributed by atoms with E-state index >= 15 is 0 Å². The fourth-order valence-electron chi connectivity index (χ4n) is 2.23. The number of benzene rings is 1. The van der Waals surface area contributed by atoms with Crippen molar-refractivity contribution in [3.63, 3.8) is 0 Å². The molecule has 1 aromatic rings. The molecule has 0 bridgehead atoms. The fraction of sp³-hybridized carbons (Fsp3) is 0.562. The lowest BCUT2D eigenvalue weighted by molar-refractivity contribution is -0.255. The number of aryl methyl sites for hydroxylation is 2. The first-order chi connectivity index (χ1) is 8.63. The van der Waals surface area contributed by atoms with Crippen LogP contribution in [0.1, 0.15) is 66.9 Å². The highest BCUT2D eigenvalue weighted by Gasteiger charge is 2.00. The van der Waals surface area contributed by atoms with Gasteiger partial charge in [0, 0.05) is 0 Å². The summed E-state index contributed by atoms with van der Waals surface area (Å²) in [6.07, 6.45) is 8.52. The average molecular weight is 247 g/mol. The van der Waals surface area contributed by atoms with E-state index in [9.17, 15) is 9.90 Å². The van der Waals surface area contributed by atoms with Gasteiger partial charge in [0.15, 0.2) is 0 Å². The maximum absolute atomic E-state index is 10.8. The van der Waals surface area contributed by atoms with E-state index in [0.717, 1.165) is 24.0 Å². The van der Waals surface area contributed by atoms with Crippen molar-refractivity contribution >= 4 is 5.97 Å². The van der Waals surface area contributed by atoms with Crippen molar-refractivity contribution in [2.45, 2.75) is 58.8 Å². The summed E-state index contributed by atoms with van der Waals surface area (Å²) in [6, 6.07) is 5.48. The first-order valence-corrected chi connectivity index (χ1v) is 6.95. The van der Waals surface area contributed by atoms with Crippen LogP contribution in [0.25, 0.3) is 0 Å². The summed E-state index contributed by atoms with van der Waals surface area (Å²) in [4.78, 5) is 10.8. The fourth-order valence-corrected chi connectivity index (χ4v) is 2.23. The molecule has 1 rings (SSSR count). The Bertz CT molecular complexity index is 383. The molecule has 2 heteroatoms. The molecule has 0 spiro atoms. The summed E-state index contributed by atoms with van der Waals surface area (Å²) in [7, 11) is 0. The minimum Gasteiger partial charge on any atom is -0.545 e. The minimum atomic E-state index is -1.08. The van der Waals surface area contributed by atoms with Crippen LogP contribution in [0.5, 0.6) is 0 Å². The molecule has 0 saturated carbocycles. The maximum atomic E-state index is 10.8. The molecule has 0 aliphatic heterocycles. The number of carboxylic acid groups (broad SMARTS) is 1. The van der Waals surface area contributed by atoms with Gasteiger partial charge in [0.25, 0.3) is 0 Å². The van der Waals surface area contributed by atoms with Crippen molar-refractivity contribution in [1.29, 1.82) is 0 Å². The number of hydrogen-bond donors (Lipinski definition) is 0. The molecule has 2 nitrogen and oxygen atoms in total. The zero-order chi connectivity index (χ0) is 13.4. The van der Waals surface area contributed by atoms with E-state index in [0.29, 0.717) is 5.56 Å². The summed E-state index contributed by atoms with van der Waals surface area (Å²) < 4.78 is 0. The second-order valence-corrected chi connectivity index (χ2v) is 5.01. The van der Waals surface area contributed by atoms with Gasteiger partial charge in [-0.1, -0.05) is 56.7 Å². The van der Waals surface area contributed by atoms with Gasteiger partial charge in [-0.3, -0.25) is 0 Å². The molecule has 0 saturated heterocycles. The Morgan fingerprint density at radius 1 is 1.06 bits per heavy atom. The SMILES string of the molecule is CCCCCCCCc1cc(C)cc(C(=O)[O-])c1. The van der Waals surface area contributed by atoms with E-state index in [1.54, 1.807) is 12.1 Å². The molecule has 0 fully saturated rings. The van der Waals surface area contributed by atoms with E-state index < -0.39 is 5.97 Å². The number of carboxylic acids is 1. The summed E-state index contributed by atoms with van der Waals surface area (Å²) in [6.45, 7) is 4.14. The largest absolute Gasteiger partial charge is 0.545 e. The lowest BCUT2D eigenvalue weighted by atomic mass is 10.0. The second kappa shape index (κ2) is 7.91. The highest BCUT2D eigenvalue weighted by Crippen LogP contribution is 2.13. The number of carbonyl (C=O) groups excluding carboxylic acids is 1. The van der Waals surface area contributed by atoms with Gasteiger partial charge in [0.05, 0.1) is 5.97 Å². The second-order valence-electron chi connectivity index (χ2n) is 5.01. The van der Waals surface area contributed by atoms with Gasteiger partial charge in [-0.05, 0) is 37.0 Å². The molecule has 0 heterocycles. The first kappa shape index (κ1) is 14.7. The van der Waals surface area contributed by atoms with E-state index in [4.69, 9.17) is 0 Å². The third kappa shape index (κ3) is 5.35. The molecular formula is C16H23O2-. The highest BCUT2D eigenvalue weighted by molar-refractivity contribution is 5.86. The molecule has 18 heavy (non-hydrogen) atoms. The number of rotatable bonds is 8. The van der Waals surface area contributed by atoms with Gasteiger partial charge in [0.1, 0.15) is 0 Å². The average Bonchev–Trinajstić information content (AvgIpc) is 2.33. The number of unbranched alkanes of at least 4 members (excludes halogenated alkanes) is 5. The predicted octanol–water partition coefficient (Wildman–Crippen LogP) is 3.26. The monoisotopic (exact) mass is 247 g/mol. The minimum absolute atomic E-state index is 0.302. The molecule has 100 valence electrons. The predicted molar refractivity (Wildman–Crippen MR) is 72.6 cm³/mol. The van der Waals surface area contributed by atoms with Crippen LogP contribution in [-0.4, -0.2) is 5.97 Å². The van der Waals surface area contributed by atoms with Crippen LogP contribution in [0, 0.1) is 6.92 Å². The topological polar surface area (TPSA) is 40.1 Å². The van der Waals surface area contributed by atoms with Crippen molar-refractivity contribution in [3.05, 3.63) is 34.9 Å². The standard InChI is InChI=1S/C16H24O2/c1-3-4-5-6-7-8-9-14-10-13(2)11-15(12-14)16(17)18/h10-12H,3-9H2,1-2H3,(H,17,18)/p-1. The van der Waals surface area contributed by atoms with Gasteiger partial charge in [0.2, 0.25) is 0 Å². The van der Waals surface area contributed by atoms with E-state index in [1.165, 1.54) is 32.1 Å². The third-order valence-corrected chi connectivity index (χ3v) is 3.19. The van der Waals surface area contributed by atoms with Crippen LogP contribution in [0.2, 0.25) is 0 Å². The number of carbonyl (C=O) groups is 1. The molecule has 0 unspecified atom stereocenters. The van der Waals surface area contributed by atoms with Crippen LogP contribution < -0.4 is 5.11 Å². The van der Waals surface area contributed by atoms with Gasteiger partial charge in [-0.15, -0.1) is 0 Å². The van der Waals surface area contributed by atoms with Crippen LogP contribution in [0.4, 0.5) is 0 Å². The van der Waals surface area contributed by atoms with E-state index in [1.807, 2.05) is 6.92 Å². The summed E-state index contributed by atoms with van der Waals surface area (Å²) in [5, 5.41) is 10.8. The van der Waals surface area contributed by atoms with Crippen molar-refractivity contribution < 1.29 is 9.90 Å². The molecule has 0 atom stereocenters. The normalized spacial score (nSPS) is 10.6. The summed E-state index contributed by atoms with van der Waals surface area (Å²) in [5.74, 6) is -1.08. The van der Waals surface area contributed by atoms with Crippen LogP contribution in [0.15, 0.2) is 18.2 Å². The molecule has 0 aromatic heterocycles. The van der Waals surface area contributed by atoms with Gasteiger partial charge in [-0.25, -0.2) is 0 Å². The number of hydrogen-bond acceptors (Lipinski definition) is 2. The smallest absolute Gasteiger partial charge is 0.0715 e. The van der Waals surface area contributed by atoms with Gasteiger partial charge >= 0.3 is 0 Å². The zero-order valence-corrected chi connectivity index (χ0v) is 11.5. The van der Waals surface area contributed by atoms with Crippen molar-refractivity contribution in [1.82, 2.24) is 0 Å². The quantitative estimate of drug-likeness (QED) is 0.661. The third-order valence-electron chi connectivity index (χ3n) is 3.19. The van der Waals surface area contributed by atoms with Crippen LogP contribution in [-0.2, 0) is 6.42 Å². The van der Waals surface area contributed by atoms with Crippen LogP contribution in [0.3, 0.4) is 0 Å². The number of aromatic carboxylic acids is 1. The van der Waals surface area contributed by atoms with Gasteiger partial charge in [-0.2, -0.15) is 0 Å². The summed E-state index contributed by atoms with van der Waals surface area (Å²) in [5.41, 5.74) is 2.42.